The third-order valence-electron chi connectivity index (χ3n) is 7.89. The minimum atomic E-state index is -0.697. The number of hydrogen-bond acceptors (Lipinski definition) is 8. The summed E-state index contributed by atoms with van der Waals surface area (Å²) >= 11 is 0. The molecule has 1 saturated heterocycles. The van der Waals surface area contributed by atoms with Gasteiger partial charge in [-0.3, -0.25) is 9.59 Å². The molecule has 1 aromatic carbocycles. The van der Waals surface area contributed by atoms with Gasteiger partial charge in [-0.05, 0) is 87.8 Å². The number of carbonyl (C=O) groups excluding carboxylic acids is 2. The van der Waals surface area contributed by atoms with Gasteiger partial charge in [0.1, 0.15) is 0 Å². The summed E-state index contributed by atoms with van der Waals surface area (Å²) in [6.07, 6.45) is 7.12. The molecule has 1 aliphatic heterocycles. The van der Waals surface area contributed by atoms with Gasteiger partial charge in [-0.2, -0.15) is 4.98 Å². The molecule has 2 atom stereocenters. The van der Waals surface area contributed by atoms with Crippen molar-refractivity contribution in [3.63, 3.8) is 0 Å². The fourth-order valence-electron chi connectivity index (χ4n) is 5.28. The normalized spacial score (nSPS) is 21.6. The highest BCUT2D eigenvalue weighted by Gasteiger charge is 2.31. The van der Waals surface area contributed by atoms with Gasteiger partial charge in [0.2, 0.25) is 11.9 Å². The van der Waals surface area contributed by atoms with Gasteiger partial charge in [0.05, 0.1) is 0 Å². The lowest BCUT2D eigenvalue weighted by atomic mass is 9.74. The Morgan fingerprint density at radius 3 is 2.54 bits per heavy atom. The number of likely N-dealkylation sites (tertiary alicyclic amines) is 1. The molecule has 4 rings (SSSR count). The summed E-state index contributed by atoms with van der Waals surface area (Å²) in [6, 6.07) is 8.46. The van der Waals surface area contributed by atoms with Crippen LogP contribution in [0.15, 0.2) is 36.9 Å². The maximum absolute atomic E-state index is 12.1. The van der Waals surface area contributed by atoms with Crippen molar-refractivity contribution < 1.29 is 9.59 Å². The number of rotatable bonds is 8. The summed E-state index contributed by atoms with van der Waals surface area (Å²) < 4.78 is 0. The molecule has 1 aliphatic carbocycles. The largest absolute Gasteiger partial charge is 0.364 e. The smallest absolute Gasteiger partial charge is 0.273 e. The highest BCUT2D eigenvalue weighted by atomic mass is 16.2. The molecule has 0 spiro atoms. The van der Waals surface area contributed by atoms with Crippen LogP contribution in [-0.2, 0) is 10.2 Å². The number of benzene rings is 1. The van der Waals surface area contributed by atoms with E-state index < -0.39 is 5.91 Å². The molecule has 2 aromatic rings. The van der Waals surface area contributed by atoms with Crippen LogP contribution in [0.1, 0.15) is 61.5 Å². The van der Waals surface area contributed by atoms with Gasteiger partial charge in [-0.1, -0.05) is 25.6 Å². The number of aromatic nitrogens is 3. The molecular weight excluding hydrogens is 468 g/mol. The van der Waals surface area contributed by atoms with Gasteiger partial charge in [0.25, 0.3) is 5.91 Å². The molecule has 10 heteroatoms. The number of primary amides is 1. The van der Waals surface area contributed by atoms with Crippen molar-refractivity contribution in [3.05, 3.63) is 48.2 Å². The standard InChI is InChI=1S/C27H38N8O2/c1-5-22(36)29-20-7-6-8-21(17-20)35(4)26-31-25(23(24(28)37)32-33-26)30-19-11-9-18(10-12-19)27(2)13-15-34(3)16-14-27/h5,9-12,20-21H,1,6-8,13-17H2,2-4H3,(H2,28,37)(H,29,36)(H,30,31,33)/t20?,21-/m1/s1. The lowest BCUT2D eigenvalue weighted by molar-refractivity contribution is -0.117. The van der Waals surface area contributed by atoms with Crippen LogP contribution in [-0.4, -0.2) is 71.2 Å². The molecule has 2 fully saturated rings. The molecule has 1 saturated carbocycles. The van der Waals surface area contributed by atoms with Gasteiger partial charge >= 0.3 is 0 Å². The Balaban J connectivity index is 1.50. The first-order valence-corrected chi connectivity index (χ1v) is 12.9. The first-order chi connectivity index (χ1) is 17.7. The molecule has 2 amide bonds. The lowest BCUT2D eigenvalue weighted by Crippen LogP contribution is -2.45. The zero-order chi connectivity index (χ0) is 26.6. The summed E-state index contributed by atoms with van der Waals surface area (Å²) in [5, 5.41) is 14.5. The number of nitrogens with zero attached hydrogens (tertiary/aromatic N) is 5. The topological polar surface area (TPSA) is 129 Å². The van der Waals surface area contributed by atoms with E-state index in [0.717, 1.165) is 57.3 Å². The maximum atomic E-state index is 12.1. The molecule has 1 unspecified atom stereocenters. The quantitative estimate of drug-likeness (QED) is 0.466. The number of carbonyl (C=O) groups is 2. The van der Waals surface area contributed by atoms with E-state index >= 15 is 0 Å². The van der Waals surface area contributed by atoms with E-state index in [9.17, 15) is 9.59 Å². The maximum Gasteiger partial charge on any atom is 0.273 e. The van der Waals surface area contributed by atoms with Gasteiger partial charge in [-0.15, -0.1) is 10.2 Å². The molecule has 4 N–H and O–H groups in total. The van der Waals surface area contributed by atoms with Gasteiger partial charge < -0.3 is 26.2 Å². The number of anilines is 3. The number of piperidine rings is 1. The van der Waals surface area contributed by atoms with E-state index in [1.165, 1.54) is 11.6 Å². The summed E-state index contributed by atoms with van der Waals surface area (Å²) in [6.45, 7) is 8.03. The molecular formula is C27H38N8O2. The number of amides is 2. The number of nitrogens with two attached hydrogens (primary N) is 1. The van der Waals surface area contributed by atoms with E-state index in [1.54, 1.807) is 0 Å². The molecule has 0 bridgehead atoms. The average Bonchev–Trinajstić information content (AvgIpc) is 2.90. The monoisotopic (exact) mass is 506 g/mol. The summed E-state index contributed by atoms with van der Waals surface area (Å²) in [5.74, 6) is -0.199. The van der Waals surface area contributed by atoms with E-state index in [0.29, 0.717) is 5.95 Å². The van der Waals surface area contributed by atoms with Crippen molar-refractivity contribution in [2.75, 3.05) is 37.4 Å². The van der Waals surface area contributed by atoms with E-state index in [4.69, 9.17) is 5.73 Å². The minimum Gasteiger partial charge on any atom is -0.364 e. The Bertz CT molecular complexity index is 1130. The van der Waals surface area contributed by atoms with Crippen molar-refractivity contribution in [2.24, 2.45) is 5.73 Å². The summed E-state index contributed by atoms with van der Waals surface area (Å²) in [7, 11) is 4.07. The van der Waals surface area contributed by atoms with Crippen molar-refractivity contribution >= 4 is 29.3 Å². The van der Waals surface area contributed by atoms with E-state index in [1.807, 2.05) is 24.1 Å². The summed E-state index contributed by atoms with van der Waals surface area (Å²) in [5.41, 5.74) is 7.82. The Morgan fingerprint density at radius 1 is 1.19 bits per heavy atom. The third-order valence-corrected chi connectivity index (χ3v) is 7.89. The predicted octanol–water partition coefficient (Wildman–Crippen LogP) is 2.75. The van der Waals surface area contributed by atoms with Crippen molar-refractivity contribution in [1.29, 1.82) is 0 Å². The van der Waals surface area contributed by atoms with Crippen LogP contribution in [0.2, 0.25) is 0 Å². The van der Waals surface area contributed by atoms with Gasteiger partial charge in [0.15, 0.2) is 11.5 Å². The molecule has 0 radical (unpaired) electrons. The van der Waals surface area contributed by atoms with Gasteiger partial charge in [-0.25, -0.2) is 0 Å². The molecule has 198 valence electrons. The predicted molar refractivity (Wildman–Crippen MR) is 145 cm³/mol. The molecule has 10 nitrogen and oxygen atoms in total. The van der Waals surface area contributed by atoms with Crippen LogP contribution in [0.5, 0.6) is 0 Å². The fraction of sp³-hybridized carbons (Fsp3) is 0.519. The van der Waals surface area contributed by atoms with Crippen LogP contribution in [0.4, 0.5) is 17.5 Å². The van der Waals surface area contributed by atoms with Crippen LogP contribution in [0, 0.1) is 0 Å². The number of nitrogens with one attached hydrogen (secondary N) is 2. The molecule has 2 aliphatic rings. The van der Waals surface area contributed by atoms with Gasteiger partial charge in [0, 0.05) is 24.8 Å². The zero-order valence-electron chi connectivity index (χ0n) is 22.0. The Morgan fingerprint density at radius 2 is 1.89 bits per heavy atom. The average molecular weight is 507 g/mol. The second kappa shape index (κ2) is 11.2. The molecule has 2 heterocycles. The number of hydrogen-bond donors (Lipinski definition) is 3. The second-order valence-electron chi connectivity index (χ2n) is 10.6. The first kappa shape index (κ1) is 26.5. The van der Waals surface area contributed by atoms with Crippen LogP contribution >= 0.6 is 0 Å². The van der Waals surface area contributed by atoms with Crippen molar-refractivity contribution in [3.8, 4) is 0 Å². The third kappa shape index (κ3) is 6.25. The van der Waals surface area contributed by atoms with E-state index in [2.05, 4.69) is 63.4 Å². The zero-order valence-corrected chi connectivity index (χ0v) is 22.0. The fourth-order valence-corrected chi connectivity index (χ4v) is 5.28. The second-order valence-corrected chi connectivity index (χ2v) is 10.6. The highest BCUT2D eigenvalue weighted by Crippen LogP contribution is 2.35. The van der Waals surface area contributed by atoms with Crippen molar-refractivity contribution in [2.45, 2.75) is 62.9 Å². The SMILES string of the molecule is C=CC(=O)NC1CCC[C@@H](N(C)c2nnc(C(N)=O)c(Nc3ccc(C4(C)CCN(C)CC4)cc3)n2)C1. The first-order valence-electron chi connectivity index (χ1n) is 12.9. The summed E-state index contributed by atoms with van der Waals surface area (Å²) in [4.78, 5) is 32.8. The van der Waals surface area contributed by atoms with Crippen molar-refractivity contribution in [1.82, 2.24) is 25.4 Å². The Labute approximate surface area is 218 Å². The highest BCUT2D eigenvalue weighted by molar-refractivity contribution is 5.96. The molecule has 1 aromatic heterocycles. The lowest BCUT2D eigenvalue weighted by Gasteiger charge is -2.38. The van der Waals surface area contributed by atoms with E-state index in [-0.39, 0.29) is 34.9 Å². The van der Waals surface area contributed by atoms with Crippen LogP contribution in [0.3, 0.4) is 0 Å². The molecule has 37 heavy (non-hydrogen) atoms. The minimum absolute atomic E-state index is 0.0109. The Kier molecular flexibility index (Phi) is 8.06. The Hall–Kier alpha value is -3.53. The van der Waals surface area contributed by atoms with Crippen LogP contribution in [0.25, 0.3) is 0 Å². The van der Waals surface area contributed by atoms with Crippen LogP contribution < -0.4 is 21.3 Å².